The van der Waals surface area contributed by atoms with Crippen molar-refractivity contribution in [3.63, 3.8) is 0 Å². The normalized spacial score (nSPS) is 14.5. The van der Waals surface area contributed by atoms with Gasteiger partial charge < -0.3 is 14.0 Å². The summed E-state index contributed by atoms with van der Waals surface area (Å²) in [6, 6.07) is 17.6. The van der Waals surface area contributed by atoms with Gasteiger partial charge in [0.1, 0.15) is 18.1 Å². The van der Waals surface area contributed by atoms with E-state index < -0.39 is 11.9 Å². The number of hydrogen-bond donors (Lipinski definition) is 0. The van der Waals surface area contributed by atoms with Crippen LogP contribution < -0.4 is 0 Å². The average molecular weight is 422 g/mol. The number of esters is 1. The van der Waals surface area contributed by atoms with Crippen molar-refractivity contribution in [1.82, 2.24) is 0 Å². The Hall–Kier alpha value is -3.64. The summed E-state index contributed by atoms with van der Waals surface area (Å²) in [5.74, 6) is 0.140. The Balaban J connectivity index is 1.44. The van der Waals surface area contributed by atoms with Crippen LogP contribution in [0.3, 0.4) is 0 Å². The Morgan fingerprint density at radius 1 is 1.10 bits per heavy atom. The maximum absolute atomic E-state index is 12.3. The molecule has 150 valence electrons. The third kappa shape index (κ3) is 4.18. The Bertz CT molecular complexity index is 1170. The van der Waals surface area contributed by atoms with E-state index in [1.807, 2.05) is 12.1 Å². The molecule has 0 radical (unpaired) electrons. The summed E-state index contributed by atoms with van der Waals surface area (Å²) in [6.07, 6.45) is 1.58. The van der Waals surface area contributed by atoms with Crippen molar-refractivity contribution in [1.29, 1.82) is 0 Å². The van der Waals surface area contributed by atoms with Crippen LogP contribution in [0.25, 0.3) is 17.4 Å². The molecule has 6 nitrogen and oxygen atoms in total. The van der Waals surface area contributed by atoms with Crippen molar-refractivity contribution < 1.29 is 23.6 Å². The van der Waals surface area contributed by atoms with E-state index in [1.54, 1.807) is 61.5 Å². The molecule has 0 atom stereocenters. The van der Waals surface area contributed by atoms with Crippen LogP contribution >= 0.6 is 11.6 Å². The van der Waals surface area contributed by atoms with Gasteiger partial charge in [0, 0.05) is 16.1 Å². The molecule has 2 aromatic carbocycles. The van der Waals surface area contributed by atoms with E-state index in [4.69, 9.17) is 20.8 Å². The van der Waals surface area contributed by atoms with E-state index >= 15 is 0 Å². The first-order chi connectivity index (χ1) is 14.5. The van der Waals surface area contributed by atoms with E-state index in [9.17, 15) is 9.59 Å². The van der Waals surface area contributed by atoms with Crippen molar-refractivity contribution in [3.8, 4) is 11.3 Å². The minimum absolute atomic E-state index is 0.0988. The molecule has 4 rings (SSSR count). The van der Waals surface area contributed by atoms with Gasteiger partial charge in [0.2, 0.25) is 0 Å². The Morgan fingerprint density at radius 2 is 1.87 bits per heavy atom. The Kier molecular flexibility index (Phi) is 5.50. The highest BCUT2D eigenvalue weighted by Gasteiger charge is 2.22. The van der Waals surface area contributed by atoms with Gasteiger partial charge >= 0.3 is 11.9 Å². The number of oxime groups is 1. The second kappa shape index (κ2) is 8.39. The van der Waals surface area contributed by atoms with Gasteiger partial charge in [0.05, 0.1) is 16.8 Å². The summed E-state index contributed by atoms with van der Waals surface area (Å²) in [6.45, 7) is 1.78. The lowest BCUT2D eigenvalue weighted by molar-refractivity contribution is -0.136. The summed E-state index contributed by atoms with van der Waals surface area (Å²) in [5.41, 5.74) is 2.79. The molecule has 0 spiro atoms. The minimum Gasteiger partial charge on any atom is -0.457 e. The molecule has 7 heteroatoms. The number of hydrogen-bond acceptors (Lipinski definition) is 6. The highest BCUT2D eigenvalue weighted by Crippen LogP contribution is 2.25. The van der Waals surface area contributed by atoms with Gasteiger partial charge in [-0.1, -0.05) is 47.1 Å². The van der Waals surface area contributed by atoms with Crippen LogP contribution in [-0.2, 0) is 21.0 Å². The Morgan fingerprint density at radius 3 is 2.57 bits per heavy atom. The first-order valence-electron chi connectivity index (χ1n) is 9.10. The van der Waals surface area contributed by atoms with Crippen LogP contribution in [-0.4, -0.2) is 17.7 Å². The van der Waals surface area contributed by atoms with Gasteiger partial charge in [0.15, 0.2) is 0 Å². The fraction of sp³-hybridized carbons (Fsp3) is 0.0870. The zero-order valence-electron chi connectivity index (χ0n) is 15.9. The molecule has 0 N–H and O–H groups in total. The quantitative estimate of drug-likeness (QED) is 0.318. The van der Waals surface area contributed by atoms with Crippen LogP contribution in [0.15, 0.2) is 75.8 Å². The zero-order valence-corrected chi connectivity index (χ0v) is 16.7. The lowest BCUT2D eigenvalue weighted by Gasteiger charge is -2.07. The topological polar surface area (TPSA) is 78.1 Å². The highest BCUT2D eigenvalue weighted by atomic mass is 35.5. The molecule has 0 saturated carbocycles. The summed E-state index contributed by atoms with van der Waals surface area (Å²) >= 11 is 6.08. The summed E-state index contributed by atoms with van der Waals surface area (Å²) < 4.78 is 11.1. The molecule has 0 aliphatic carbocycles. The molecule has 30 heavy (non-hydrogen) atoms. The van der Waals surface area contributed by atoms with Crippen LogP contribution in [0.5, 0.6) is 0 Å². The molecule has 1 aromatic heterocycles. The second-order valence-corrected chi connectivity index (χ2v) is 6.97. The number of ether oxygens (including phenoxy) is 1. The Labute approximate surface area is 177 Å². The molecule has 2 heterocycles. The van der Waals surface area contributed by atoms with Gasteiger partial charge in [-0.3, -0.25) is 0 Å². The molecule has 1 aliphatic heterocycles. The van der Waals surface area contributed by atoms with E-state index in [0.29, 0.717) is 33.4 Å². The number of nitrogens with zero attached hydrogens (tertiary/aromatic N) is 1. The van der Waals surface area contributed by atoms with Gasteiger partial charge in [-0.25, -0.2) is 9.59 Å². The number of furan rings is 1. The van der Waals surface area contributed by atoms with Crippen molar-refractivity contribution in [2.45, 2.75) is 13.5 Å². The lowest BCUT2D eigenvalue weighted by Crippen LogP contribution is -2.05. The molecule has 0 fully saturated rings. The molecule has 1 aliphatic rings. The first kappa shape index (κ1) is 19.7. The number of benzene rings is 2. The second-order valence-electron chi connectivity index (χ2n) is 6.56. The highest BCUT2D eigenvalue weighted by molar-refractivity contribution is 6.31. The standard InChI is InChI=1S/C23H16ClNO5/c1-14-19(23(27)30-25-14)12-18-10-11-21(29-18)15-6-8-16(9-7-15)22(26)28-13-17-4-2-3-5-20(17)24/h2-12H,13H2,1H3/b19-12-. The third-order valence-corrected chi connectivity index (χ3v) is 4.88. The molecule has 0 saturated heterocycles. The first-order valence-corrected chi connectivity index (χ1v) is 9.48. The number of halogens is 1. The number of carbonyl (C=O) groups excluding carboxylic acids is 2. The van der Waals surface area contributed by atoms with Gasteiger partial charge in [-0.05, 0) is 43.3 Å². The van der Waals surface area contributed by atoms with Crippen LogP contribution in [0.1, 0.15) is 28.6 Å². The van der Waals surface area contributed by atoms with Crippen LogP contribution in [0.2, 0.25) is 5.02 Å². The maximum Gasteiger partial charge on any atom is 0.367 e. The van der Waals surface area contributed by atoms with E-state index in [-0.39, 0.29) is 6.61 Å². The van der Waals surface area contributed by atoms with Gasteiger partial charge in [-0.2, -0.15) is 0 Å². The molecular formula is C23H16ClNO5. The lowest BCUT2D eigenvalue weighted by atomic mass is 10.1. The fourth-order valence-electron chi connectivity index (χ4n) is 2.86. The van der Waals surface area contributed by atoms with E-state index in [1.165, 1.54) is 0 Å². The van der Waals surface area contributed by atoms with Crippen molar-refractivity contribution in [3.05, 3.63) is 88.1 Å². The van der Waals surface area contributed by atoms with Crippen molar-refractivity contribution in [2.24, 2.45) is 5.16 Å². The fourth-order valence-corrected chi connectivity index (χ4v) is 3.05. The molecular weight excluding hydrogens is 406 g/mol. The van der Waals surface area contributed by atoms with Crippen LogP contribution in [0, 0.1) is 0 Å². The molecule has 0 amide bonds. The molecule has 0 unspecified atom stereocenters. The van der Waals surface area contributed by atoms with Crippen LogP contribution in [0.4, 0.5) is 0 Å². The van der Waals surface area contributed by atoms with Gasteiger partial charge in [0.25, 0.3) is 0 Å². The number of rotatable bonds is 5. The summed E-state index contributed by atoms with van der Waals surface area (Å²) in [5, 5.41) is 4.18. The van der Waals surface area contributed by atoms with Gasteiger partial charge in [-0.15, -0.1) is 0 Å². The van der Waals surface area contributed by atoms with E-state index in [0.717, 1.165) is 11.1 Å². The third-order valence-electron chi connectivity index (χ3n) is 4.51. The molecule has 3 aromatic rings. The minimum atomic E-state index is -0.509. The zero-order chi connectivity index (χ0) is 21.1. The predicted molar refractivity (Wildman–Crippen MR) is 112 cm³/mol. The smallest absolute Gasteiger partial charge is 0.367 e. The molecule has 0 bridgehead atoms. The SMILES string of the molecule is CC1=NOC(=O)/C1=C\c1ccc(-c2ccc(C(=O)OCc3ccccc3Cl)cc2)o1. The van der Waals surface area contributed by atoms with Crippen molar-refractivity contribution in [2.75, 3.05) is 0 Å². The van der Waals surface area contributed by atoms with E-state index in [2.05, 4.69) is 9.99 Å². The average Bonchev–Trinajstić information content (AvgIpc) is 3.35. The van der Waals surface area contributed by atoms with Crippen molar-refractivity contribution >= 4 is 35.3 Å². The largest absolute Gasteiger partial charge is 0.457 e. The summed E-state index contributed by atoms with van der Waals surface area (Å²) in [4.78, 5) is 28.5. The predicted octanol–water partition coefficient (Wildman–Crippen LogP) is 5.27. The summed E-state index contributed by atoms with van der Waals surface area (Å²) in [7, 11) is 0. The number of carbonyl (C=O) groups is 2. The monoisotopic (exact) mass is 421 g/mol. The maximum atomic E-state index is 12.3.